The summed E-state index contributed by atoms with van der Waals surface area (Å²) < 4.78 is 41.1. The van der Waals surface area contributed by atoms with E-state index in [0.717, 1.165) is 26.7 Å². The van der Waals surface area contributed by atoms with Crippen LogP contribution in [0.15, 0.2) is 30.5 Å². The number of rotatable bonds is 6. The third-order valence-electron chi connectivity index (χ3n) is 5.10. The van der Waals surface area contributed by atoms with Crippen molar-refractivity contribution in [2.75, 3.05) is 20.6 Å². The van der Waals surface area contributed by atoms with Gasteiger partial charge in [-0.1, -0.05) is 12.1 Å². The van der Waals surface area contributed by atoms with Crippen LogP contribution in [0.3, 0.4) is 0 Å². The first-order chi connectivity index (χ1) is 13.7. The van der Waals surface area contributed by atoms with E-state index in [-0.39, 0.29) is 24.7 Å². The first-order valence-corrected chi connectivity index (χ1v) is 10.8. The Morgan fingerprint density at radius 1 is 1.34 bits per heavy atom. The maximum atomic E-state index is 13.4. The zero-order valence-corrected chi connectivity index (χ0v) is 17.6. The topological polar surface area (TPSA) is 82.6 Å². The molecule has 1 N–H and O–H groups in total. The van der Waals surface area contributed by atoms with Crippen LogP contribution in [0, 0.1) is 12.7 Å². The summed E-state index contributed by atoms with van der Waals surface area (Å²) in [7, 11) is -0.605. The lowest BCUT2D eigenvalue weighted by molar-refractivity contribution is -0.131. The van der Waals surface area contributed by atoms with Gasteiger partial charge in [-0.05, 0) is 47.7 Å². The molecule has 1 amide bonds. The van der Waals surface area contributed by atoms with Crippen molar-refractivity contribution in [3.05, 3.63) is 64.2 Å². The van der Waals surface area contributed by atoms with Gasteiger partial charge in [-0.3, -0.25) is 9.78 Å². The van der Waals surface area contributed by atoms with E-state index in [1.165, 1.54) is 26.2 Å². The van der Waals surface area contributed by atoms with Gasteiger partial charge in [-0.25, -0.2) is 4.39 Å². The first kappa shape index (κ1) is 21.4. The molecular weight excluding hydrogens is 395 g/mol. The fourth-order valence-corrected chi connectivity index (χ4v) is 3.98. The zero-order valence-electron chi connectivity index (χ0n) is 16.8. The number of fused-ring (bicyclic) bond motifs is 1. The molecule has 0 spiro atoms. The van der Waals surface area contributed by atoms with Crippen LogP contribution in [-0.4, -0.2) is 49.2 Å². The highest BCUT2D eigenvalue weighted by Crippen LogP contribution is 2.24. The summed E-state index contributed by atoms with van der Waals surface area (Å²) in [6.07, 6.45) is 2.50. The monoisotopic (exact) mass is 420 g/mol. The number of hydrogen-bond donors (Lipinski definition) is 1. The number of benzene rings is 1. The SMILES string of the molecule is Cc1ncc2c(c1CNS(=O)(=O)N(C)C)CCN(C(=O)Cc1cccc(F)c1)C2. The number of hydrogen-bond acceptors (Lipinski definition) is 4. The lowest BCUT2D eigenvalue weighted by Crippen LogP contribution is -2.39. The second kappa shape index (κ2) is 8.56. The minimum absolute atomic E-state index is 0.0725. The van der Waals surface area contributed by atoms with Crippen molar-refractivity contribution in [3.63, 3.8) is 0 Å². The van der Waals surface area contributed by atoms with Gasteiger partial charge in [0.2, 0.25) is 5.91 Å². The maximum absolute atomic E-state index is 13.4. The fourth-order valence-electron chi connectivity index (χ4n) is 3.40. The lowest BCUT2D eigenvalue weighted by Gasteiger charge is -2.30. The number of carbonyl (C=O) groups excluding carboxylic acids is 1. The Hall–Kier alpha value is -2.36. The Labute approximate surface area is 170 Å². The molecule has 0 saturated heterocycles. The Morgan fingerprint density at radius 2 is 2.10 bits per heavy atom. The third kappa shape index (κ3) is 4.98. The molecule has 0 aliphatic carbocycles. The molecule has 1 aromatic heterocycles. The smallest absolute Gasteiger partial charge is 0.279 e. The minimum Gasteiger partial charge on any atom is -0.338 e. The highest BCUT2D eigenvalue weighted by Gasteiger charge is 2.25. The minimum atomic E-state index is -3.54. The van der Waals surface area contributed by atoms with E-state index < -0.39 is 10.2 Å². The standard InChI is InChI=1S/C20H25FN4O3S/c1-14-19(12-23-29(27,28)24(2)3)18-7-8-25(13-16(18)11-22-14)20(26)10-15-5-4-6-17(21)9-15/h4-6,9,11,23H,7-8,10,12-13H2,1-3H3. The summed E-state index contributed by atoms with van der Waals surface area (Å²) in [5.41, 5.74) is 4.21. The number of aromatic nitrogens is 1. The van der Waals surface area contributed by atoms with E-state index in [2.05, 4.69) is 9.71 Å². The van der Waals surface area contributed by atoms with Crippen LogP contribution in [0.1, 0.15) is 27.9 Å². The quantitative estimate of drug-likeness (QED) is 0.769. The maximum Gasteiger partial charge on any atom is 0.279 e. The number of nitrogens with one attached hydrogen (secondary N) is 1. The van der Waals surface area contributed by atoms with Gasteiger partial charge in [-0.2, -0.15) is 17.4 Å². The van der Waals surface area contributed by atoms with Crippen molar-refractivity contribution in [1.29, 1.82) is 0 Å². The lowest BCUT2D eigenvalue weighted by atomic mass is 9.94. The molecule has 0 fully saturated rings. The number of carbonyl (C=O) groups is 1. The predicted molar refractivity (Wildman–Crippen MR) is 108 cm³/mol. The van der Waals surface area contributed by atoms with Crippen molar-refractivity contribution >= 4 is 16.1 Å². The largest absolute Gasteiger partial charge is 0.338 e. The van der Waals surface area contributed by atoms with Crippen molar-refractivity contribution in [3.8, 4) is 0 Å². The molecule has 156 valence electrons. The van der Waals surface area contributed by atoms with Crippen molar-refractivity contribution in [1.82, 2.24) is 18.9 Å². The van der Waals surface area contributed by atoms with Crippen molar-refractivity contribution in [2.24, 2.45) is 0 Å². The van der Waals surface area contributed by atoms with Crippen LogP contribution >= 0.6 is 0 Å². The van der Waals surface area contributed by atoms with Crippen LogP contribution in [0.25, 0.3) is 0 Å². The fraction of sp³-hybridized carbons (Fsp3) is 0.400. The van der Waals surface area contributed by atoms with Crippen LogP contribution in [0.2, 0.25) is 0 Å². The van der Waals surface area contributed by atoms with E-state index >= 15 is 0 Å². The van der Waals surface area contributed by atoms with Crippen LogP contribution in [0.5, 0.6) is 0 Å². The van der Waals surface area contributed by atoms with E-state index in [4.69, 9.17) is 0 Å². The van der Waals surface area contributed by atoms with E-state index in [0.29, 0.717) is 25.1 Å². The van der Waals surface area contributed by atoms with E-state index in [9.17, 15) is 17.6 Å². The van der Waals surface area contributed by atoms with Gasteiger partial charge < -0.3 is 4.90 Å². The molecule has 2 heterocycles. The second-order valence-electron chi connectivity index (χ2n) is 7.31. The van der Waals surface area contributed by atoms with Crippen LogP contribution in [0.4, 0.5) is 4.39 Å². The van der Waals surface area contributed by atoms with Gasteiger partial charge in [-0.15, -0.1) is 0 Å². The van der Waals surface area contributed by atoms with Crippen LogP contribution in [-0.2, 0) is 40.9 Å². The van der Waals surface area contributed by atoms with Gasteiger partial charge in [0.1, 0.15) is 5.82 Å². The molecule has 1 aliphatic rings. The van der Waals surface area contributed by atoms with E-state index in [1.54, 1.807) is 23.2 Å². The Bertz CT molecular complexity index is 1020. The first-order valence-electron chi connectivity index (χ1n) is 9.33. The summed E-state index contributed by atoms with van der Waals surface area (Å²) in [5.74, 6) is -0.430. The predicted octanol–water partition coefficient (Wildman–Crippen LogP) is 1.55. The Balaban J connectivity index is 1.74. The molecule has 0 unspecified atom stereocenters. The summed E-state index contributed by atoms with van der Waals surface area (Å²) in [5, 5.41) is 0. The van der Waals surface area contributed by atoms with Crippen LogP contribution < -0.4 is 4.72 Å². The normalized spacial score (nSPS) is 14.2. The highest BCUT2D eigenvalue weighted by molar-refractivity contribution is 7.87. The molecule has 2 aromatic rings. The summed E-state index contributed by atoms with van der Waals surface area (Å²) >= 11 is 0. The highest BCUT2D eigenvalue weighted by atomic mass is 32.2. The Kier molecular flexibility index (Phi) is 6.30. The zero-order chi connectivity index (χ0) is 21.2. The molecule has 29 heavy (non-hydrogen) atoms. The van der Waals surface area contributed by atoms with Gasteiger partial charge in [0, 0.05) is 45.6 Å². The molecule has 9 heteroatoms. The molecule has 0 bridgehead atoms. The molecular formula is C20H25FN4O3S. The number of amides is 1. The van der Waals surface area contributed by atoms with Crippen molar-refractivity contribution < 1.29 is 17.6 Å². The third-order valence-corrected chi connectivity index (χ3v) is 6.58. The van der Waals surface area contributed by atoms with Crippen molar-refractivity contribution in [2.45, 2.75) is 32.9 Å². The number of nitrogens with zero attached hydrogens (tertiary/aromatic N) is 3. The Morgan fingerprint density at radius 3 is 2.79 bits per heavy atom. The number of halogens is 1. The summed E-state index contributed by atoms with van der Waals surface area (Å²) in [4.78, 5) is 18.8. The number of pyridine rings is 1. The van der Waals surface area contributed by atoms with E-state index in [1.807, 2.05) is 6.92 Å². The molecule has 3 rings (SSSR count). The van der Waals surface area contributed by atoms with Gasteiger partial charge in [0.15, 0.2) is 0 Å². The molecule has 0 atom stereocenters. The average Bonchev–Trinajstić information content (AvgIpc) is 2.66. The second-order valence-corrected chi connectivity index (χ2v) is 9.28. The molecule has 0 radical (unpaired) electrons. The van der Waals surface area contributed by atoms with Gasteiger partial charge >= 0.3 is 0 Å². The molecule has 1 aliphatic heterocycles. The molecule has 1 aromatic carbocycles. The average molecular weight is 421 g/mol. The number of aryl methyl sites for hydroxylation is 1. The summed E-state index contributed by atoms with van der Waals surface area (Å²) in [6.45, 7) is 2.93. The molecule has 0 saturated carbocycles. The van der Waals surface area contributed by atoms with Gasteiger partial charge in [0.25, 0.3) is 10.2 Å². The van der Waals surface area contributed by atoms with Gasteiger partial charge in [0.05, 0.1) is 6.42 Å². The summed E-state index contributed by atoms with van der Waals surface area (Å²) in [6, 6.07) is 6.05. The molecule has 7 nitrogen and oxygen atoms in total.